The average Bonchev–Trinajstić information content (AvgIpc) is 2.62. The molecule has 6 heteroatoms. The molecule has 0 atom stereocenters. The lowest BCUT2D eigenvalue weighted by Gasteiger charge is -2.34. The Hall–Kier alpha value is -2.18. The molecule has 0 aliphatic carbocycles. The number of nitrogens with one attached hydrogen (secondary N) is 1. The third kappa shape index (κ3) is 8.23. The second kappa shape index (κ2) is 10.4. The monoisotopic (exact) mass is 386 g/mol. The molecular weight excluding hydrogens is 352 g/mol. The minimum Gasteiger partial charge on any atom is -0.350 e. The molecule has 154 valence electrons. The van der Waals surface area contributed by atoms with E-state index in [0.29, 0.717) is 6.54 Å². The zero-order chi connectivity index (χ0) is 20.6. The van der Waals surface area contributed by atoms with E-state index in [1.54, 1.807) is 7.05 Å². The molecular formula is C22H34N4O2. The first-order valence-corrected chi connectivity index (χ1v) is 9.94. The molecule has 1 aliphatic heterocycles. The van der Waals surface area contributed by atoms with Gasteiger partial charge in [-0.3, -0.25) is 19.4 Å². The Bertz CT molecular complexity index is 659. The molecule has 2 rings (SSSR count). The number of nitrogens with zero attached hydrogens (tertiary/aromatic N) is 3. The highest BCUT2D eigenvalue weighted by molar-refractivity contribution is 5.85. The summed E-state index contributed by atoms with van der Waals surface area (Å²) in [5.41, 5.74) is 0.928. The molecule has 1 aliphatic rings. The maximum Gasteiger partial charge on any atom is 0.240 e. The number of piperazine rings is 1. The molecule has 0 unspecified atom stereocenters. The molecule has 1 heterocycles. The molecule has 2 amide bonds. The molecule has 1 N–H and O–H groups in total. The van der Waals surface area contributed by atoms with E-state index in [2.05, 4.69) is 39.4 Å². The molecule has 1 fully saturated rings. The summed E-state index contributed by atoms with van der Waals surface area (Å²) in [5.74, 6) is -0.139. The van der Waals surface area contributed by atoms with E-state index in [4.69, 9.17) is 0 Å². The molecule has 6 nitrogen and oxygen atoms in total. The van der Waals surface area contributed by atoms with Crippen molar-refractivity contribution in [2.45, 2.75) is 26.3 Å². The van der Waals surface area contributed by atoms with E-state index in [-0.39, 0.29) is 23.9 Å². The van der Waals surface area contributed by atoms with Gasteiger partial charge in [-0.2, -0.15) is 0 Å². The van der Waals surface area contributed by atoms with Crippen LogP contribution in [0.15, 0.2) is 36.4 Å². The standard InChI is InChI=1S/C22H34N4O2/c1-22(2,3)23-20(27)17-24(4)21(28)18-26-15-13-25(14-16-26)12-8-11-19-9-6-5-7-10-19/h5-11H,12-18H2,1-4H3,(H,23,27)/b11-8+. The van der Waals surface area contributed by atoms with Crippen LogP contribution >= 0.6 is 0 Å². The summed E-state index contributed by atoms with van der Waals surface area (Å²) in [6.45, 7) is 10.8. The summed E-state index contributed by atoms with van der Waals surface area (Å²) in [4.78, 5) is 30.4. The zero-order valence-electron chi connectivity index (χ0n) is 17.6. The normalized spacial score (nSPS) is 16.3. The molecule has 0 radical (unpaired) electrons. The van der Waals surface area contributed by atoms with Crippen LogP contribution in [0.2, 0.25) is 0 Å². The molecule has 0 bridgehead atoms. The van der Waals surface area contributed by atoms with Crippen molar-refractivity contribution in [3.8, 4) is 0 Å². The maximum atomic E-state index is 12.4. The lowest BCUT2D eigenvalue weighted by Crippen LogP contribution is -2.51. The van der Waals surface area contributed by atoms with Gasteiger partial charge in [-0.05, 0) is 26.3 Å². The summed E-state index contributed by atoms with van der Waals surface area (Å²) in [6, 6.07) is 10.3. The third-order valence-corrected chi connectivity index (χ3v) is 4.62. The fourth-order valence-corrected chi connectivity index (χ4v) is 3.11. The van der Waals surface area contributed by atoms with Crippen LogP contribution in [0.3, 0.4) is 0 Å². The smallest absolute Gasteiger partial charge is 0.240 e. The Balaban J connectivity index is 1.68. The van der Waals surface area contributed by atoms with Crippen LogP contribution in [-0.2, 0) is 9.59 Å². The Morgan fingerprint density at radius 3 is 2.29 bits per heavy atom. The Kier molecular flexibility index (Phi) is 8.20. The van der Waals surface area contributed by atoms with Gasteiger partial charge in [0.15, 0.2) is 0 Å². The van der Waals surface area contributed by atoms with Crippen molar-refractivity contribution >= 4 is 17.9 Å². The van der Waals surface area contributed by atoms with Crippen LogP contribution in [-0.4, -0.2) is 84.9 Å². The molecule has 0 spiro atoms. The van der Waals surface area contributed by atoms with E-state index in [9.17, 15) is 9.59 Å². The third-order valence-electron chi connectivity index (χ3n) is 4.62. The summed E-state index contributed by atoms with van der Waals surface area (Å²) in [5, 5.41) is 2.89. The first-order valence-electron chi connectivity index (χ1n) is 9.94. The minimum absolute atomic E-state index is 0.0125. The number of hydrogen-bond acceptors (Lipinski definition) is 4. The molecule has 1 aromatic rings. The van der Waals surface area contributed by atoms with Crippen molar-refractivity contribution in [1.29, 1.82) is 0 Å². The molecule has 1 saturated heterocycles. The van der Waals surface area contributed by atoms with Crippen LogP contribution in [0.25, 0.3) is 6.08 Å². The molecule has 0 saturated carbocycles. The van der Waals surface area contributed by atoms with Gasteiger partial charge in [0.25, 0.3) is 0 Å². The topological polar surface area (TPSA) is 55.9 Å². The first-order chi connectivity index (χ1) is 13.2. The van der Waals surface area contributed by atoms with Gasteiger partial charge < -0.3 is 10.2 Å². The quantitative estimate of drug-likeness (QED) is 0.775. The van der Waals surface area contributed by atoms with Crippen LogP contribution in [0.1, 0.15) is 26.3 Å². The summed E-state index contributed by atoms with van der Waals surface area (Å²) in [6.07, 6.45) is 4.34. The zero-order valence-corrected chi connectivity index (χ0v) is 17.6. The summed E-state index contributed by atoms with van der Waals surface area (Å²) < 4.78 is 0. The van der Waals surface area contributed by atoms with E-state index in [0.717, 1.165) is 32.7 Å². The number of amides is 2. The Morgan fingerprint density at radius 2 is 1.68 bits per heavy atom. The number of hydrogen-bond donors (Lipinski definition) is 1. The van der Waals surface area contributed by atoms with Crippen molar-refractivity contribution < 1.29 is 9.59 Å². The maximum absolute atomic E-state index is 12.4. The summed E-state index contributed by atoms with van der Waals surface area (Å²) in [7, 11) is 1.69. The van der Waals surface area contributed by atoms with Gasteiger partial charge in [0.05, 0.1) is 13.1 Å². The van der Waals surface area contributed by atoms with Crippen LogP contribution < -0.4 is 5.32 Å². The Morgan fingerprint density at radius 1 is 1.07 bits per heavy atom. The average molecular weight is 387 g/mol. The van der Waals surface area contributed by atoms with Crippen molar-refractivity contribution in [3.05, 3.63) is 42.0 Å². The van der Waals surface area contributed by atoms with Gasteiger partial charge in [0, 0.05) is 45.3 Å². The number of carbonyl (C=O) groups excluding carboxylic acids is 2. The highest BCUT2D eigenvalue weighted by atomic mass is 16.2. The Labute approximate surface area is 169 Å². The van der Waals surface area contributed by atoms with Crippen molar-refractivity contribution in [2.75, 3.05) is 52.9 Å². The predicted octanol–water partition coefficient (Wildman–Crippen LogP) is 1.69. The van der Waals surface area contributed by atoms with Crippen LogP contribution in [0, 0.1) is 0 Å². The largest absolute Gasteiger partial charge is 0.350 e. The highest BCUT2D eigenvalue weighted by Gasteiger charge is 2.22. The van der Waals surface area contributed by atoms with Gasteiger partial charge in [-0.25, -0.2) is 0 Å². The van der Waals surface area contributed by atoms with Gasteiger partial charge in [0.1, 0.15) is 0 Å². The fourth-order valence-electron chi connectivity index (χ4n) is 3.11. The minimum atomic E-state index is -0.285. The second-order valence-electron chi connectivity index (χ2n) is 8.44. The highest BCUT2D eigenvalue weighted by Crippen LogP contribution is 2.05. The lowest BCUT2D eigenvalue weighted by molar-refractivity contribution is -0.136. The van der Waals surface area contributed by atoms with E-state index < -0.39 is 0 Å². The van der Waals surface area contributed by atoms with Crippen LogP contribution in [0.5, 0.6) is 0 Å². The summed E-state index contributed by atoms with van der Waals surface area (Å²) >= 11 is 0. The van der Waals surface area contributed by atoms with E-state index in [1.165, 1.54) is 10.5 Å². The SMILES string of the molecule is CN(CC(=O)NC(C)(C)C)C(=O)CN1CCN(C/C=C/c2ccccc2)CC1. The second-order valence-corrected chi connectivity index (χ2v) is 8.44. The van der Waals surface area contributed by atoms with Gasteiger partial charge >= 0.3 is 0 Å². The number of likely N-dealkylation sites (N-methyl/N-ethyl adjacent to an activating group) is 1. The van der Waals surface area contributed by atoms with E-state index in [1.807, 2.05) is 39.0 Å². The molecule has 1 aromatic carbocycles. The molecule has 0 aromatic heterocycles. The van der Waals surface area contributed by atoms with Crippen molar-refractivity contribution in [2.24, 2.45) is 0 Å². The van der Waals surface area contributed by atoms with Gasteiger partial charge in [0.2, 0.25) is 11.8 Å². The predicted molar refractivity (Wildman–Crippen MR) is 114 cm³/mol. The number of benzene rings is 1. The van der Waals surface area contributed by atoms with Crippen molar-refractivity contribution in [3.63, 3.8) is 0 Å². The number of rotatable bonds is 7. The first kappa shape index (κ1) is 22.1. The van der Waals surface area contributed by atoms with Gasteiger partial charge in [-0.1, -0.05) is 42.5 Å². The number of carbonyl (C=O) groups is 2. The lowest BCUT2D eigenvalue weighted by atomic mass is 10.1. The van der Waals surface area contributed by atoms with E-state index >= 15 is 0 Å². The van der Waals surface area contributed by atoms with Gasteiger partial charge in [-0.15, -0.1) is 0 Å². The molecule has 28 heavy (non-hydrogen) atoms. The van der Waals surface area contributed by atoms with Crippen molar-refractivity contribution in [1.82, 2.24) is 20.0 Å². The van der Waals surface area contributed by atoms with Crippen LogP contribution in [0.4, 0.5) is 0 Å². The fraction of sp³-hybridized carbons (Fsp3) is 0.545.